The van der Waals surface area contributed by atoms with Crippen LogP contribution in [0, 0.1) is 17.8 Å². The average molecular weight is 196 g/mol. The Balaban J connectivity index is 2.09. The van der Waals surface area contributed by atoms with Crippen LogP contribution in [0.1, 0.15) is 58.8 Å². The molecule has 3 unspecified atom stereocenters. The Morgan fingerprint density at radius 3 is 2.29 bits per heavy atom. The first kappa shape index (κ1) is 10.5. The summed E-state index contributed by atoms with van der Waals surface area (Å²) in [5, 5.41) is 10.8. The maximum absolute atomic E-state index is 10.8. The first-order chi connectivity index (χ1) is 6.63. The Kier molecular flexibility index (Phi) is 2.88. The number of rotatable bonds is 1. The topological polar surface area (TPSA) is 20.2 Å². The molecule has 0 amide bonds. The van der Waals surface area contributed by atoms with Crippen LogP contribution in [0.25, 0.3) is 0 Å². The molecular weight excluding hydrogens is 172 g/mol. The number of hydrogen-bond acceptors (Lipinski definition) is 1. The molecule has 0 aromatic carbocycles. The molecular formula is C13H24O. The Morgan fingerprint density at radius 1 is 1.00 bits per heavy atom. The summed E-state index contributed by atoms with van der Waals surface area (Å²) in [6, 6.07) is 0. The smallest absolute Gasteiger partial charge is 0.0703 e. The van der Waals surface area contributed by atoms with Gasteiger partial charge in [0.15, 0.2) is 0 Å². The third-order valence-corrected chi connectivity index (χ3v) is 4.68. The van der Waals surface area contributed by atoms with Gasteiger partial charge < -0.3 is 5.11 Å². The minimum Gasteiger partial charge on any atom is -0.389 e. The van der Waals surface area contributed by atoms with Crippen molar-refractivity contribution in [2.75, 3.05) is 0 Å². The SMILES string of the molecule is CC1CCC(C)C(O)(C2CCCC2)C1. The molecule has 14 heavy (non-hydrogen) atoms. The van der Waals surface area contributed by atoms with Crippen LogP contribution in [0.4, 0.5) is 0 Å². The van der Waals surface area contributed by atoms with Gasteiger partial charge in [-0.1, -0.05) is 33.1 Å². The summed E-state index contributed by atoms with van der Waals surface area (Å²) in [6.07, 6.45) is 8.83. The molecule has 2 rings (SSSR count). The minimum absolute atomic E-state index is 0.311. The van der Waals surface area contributed by atoms with Crippen molar-refractivity contribution in [2.24, 2.45) is 17.8 Å². The van der Waals surface area contributed by atoms with Crippen LogP contribution in [0.5, 0.6) is 0 Å². The zero-order chi connectivity index (χ0) is 10.2. The summed E-state index contributed by atoms with van der Waals surface area (Å²) < 4.78 is 0. The second-order valence-electron chi connectivity index (χ2n) is 5.76. The minimum atomic E-state index is -0.311. The lowest BCUT2D eigenvalue weighted by molar-refractivity contribution is -0.0999. The van der Waals surface area contributed by atoms with Gasteiger partial charge in [-0.25, -0.2) is 0 Å². The van der Waals surface area contributed by atoms with Crippen LogP contribution in [0.15, 0.2) is 0 Å². The first-order valence-electron chi connectivity index (χ1n) is 6.35. The molecule has 0 radical (unpaired) electrons. The predicted molar refractivity (Wildman–Crippen MR) is 59.1 cm³/mol. The van der Waals surface area contributed by atoms with Gasteiger partial charge in [0.1, 0.15) is 0 Å². The molecule has 0 saturated heterocycles. The van der Waals surface area contributed by atoms with E-state index in [0.29, 0.717) is 11.8 Å². The Hall–Kier alpha value is -0.0400. The van der Waals surface area contributed by atoms with Crippen LogP contribution in [-0.4, -0.2) is 10.7 Å². The van der Waals surface area contributed by atoms with Gasteiger partial charge in [-0.05, 0) is 43.4 Å². The van der Waals surface area contributed by atoms with E-state index in [-0.39, 0.29) is 5.60 Å². The zero-order valence-corrected chi connectivity index (χ0v) is 9.63. The van der Waals surface area contributed by atoms with E-state index in [2.05, 4.69) is 13.8 Å². The van der Waals surface area contributed by atoms with Crippen LogP contribution in [0.2, 0.25) is 0 Å². The van der Waals surface area contributed by atoms with Crippen molar-refractivity contribution in [1.29, 1.82) is 0 Å². The molecule has 2 aliphatic carbocycles. The predicted octanol–water partition coefficient (Wildman–Crippen LogP) is 3.36. The quantitative estimate of drug-likeness (QED) is 0.682. The molecule has 1 heteroatoms. The van der Waals surface area contributed by atoms with Crippen molar-refractivity contribution in [2.45, 2.75) is 64.4 Å². The van der Waals surface area contributed by atoms with Gasteiger partial charge in [-0.15, -0.1) is 0 Å². The first-order valence-corrected chi connectivity index (χ1v) is 6.35. The third kappa shape index (κ3) is 1.71. The second-order valence-corrected chi connectivity index (χ2v) is 5.76. The van der Waals surface area contributed by atoms with Gasteiger partial charge in [0.2, 0.25) is 0 Å². The van der Waals surface area contributed by atoms with Crippen molar-refractivity contribution in [3.8, 4) is 0 Å². The van der Waals surface area contributed by atoms with E-state index in [1.807, 2.05) is 0 Å². The molecule has 0 aromatic heterocycles. The number of aliphatic hydroxyl groups is 1. The highest BCUT2D eigenvalue weighted by Crippen LogP contribution is 2.47. The van der Waals surface area contributed by atoms with Gasteiger partial charge in [0, 0.05) is 0 Å². The van der Waals surface area contributed by atoms with E-state index >= 15 is 0 Å². The zero-order valence-electron chi connectivity index (χ0n) is 9.63. The van der Waals surface area contributed by atoms with E-state index in [0.717, 1.165) is 12.3 Å². The highest BCUT2D eigenvalue weighted by molar-refractivity contribution is 4.96. The van der Waals surface area contributed by atoms with Crippen molar-refractivity contribution in [3.05, 3.63) is 0 Å². The van der Waals surface area contributed by atoms with Crippen LogP contribution >= 0.6 is 0 Å². The van der Waals surface area contributed by atoms with Crippen molar-refractivity contribution < 1.29 is 5.11 Å². The fourth-order valence-corrected chi connectivity index (χ4v) is 3.64. The maximum Gasteiger partial charge on any atom is 0.0703 e. The highest BCUT2D eigenvalue weighted by Gasteiger charge is 2.45. The van der Waals surface area contributed by atoms with Crippen LogP contribution in [0.3, 0.4) is 0 Å². The fourth-order valence-electron chi connectivity index (χ4n) is 3.64. The molecule has 3 atom stereocenters. The fraction of sp³-hybridized carbons (Fsp3) is 1.00. The Bertz CT molecular complexity index is 195. The Morgan fingerprint density at radius 2 is 1.64 bits per heavy atom. The summed E-state index contributed by atoms with van der Waals surface area (Å²) in [4.78, 5) is 0. The number of hydrogen-bond donors (Lipinski definition) is 1. The van der Waals surface area contributed by atoms with Gasteiger partial charge in [-0.3, -0.25) is 0 Å². The van der Waals surface area contributed by atoms with Crippen LogP contribution in [-0.2, 0) is 0 Å². The van der Waals surface area contributed by atoms with Crippen molar-refractivity contribution in [1.82, 2.24) is 0 Å². The molecule has 0 spiro atoms. The molecule has 0 aromatic rings. The van der Waals surface area contributed by atoms with E-state index in [1.54, 1.807) is 0 Å². The summed E-state index contributed by atoms with van der Waals surface area (Å²) in [6.45, 7) is 4.55. The van der Waals surface area contributed by atoms with E-state index in [4.69, 9.17) is 0 Å². The molecule has 0 aliphatic heterocycles. The molecule has 0 bridgehead atoms. The second kappa shape index (κ2) is 3.84. The lowest BCUT2D eigenvalue weighted by atomic mass is 9.65. The van der Waals surface area contributed by atoms with E-state index in [1.165, 1.54) is 38.5 Å². The molecule has 1 N–H and O–H groups in total. The lowest BCUT2D eigenvalue weighted by Crippen LogP contribution is -2.47. The lowest BCUT2D eigenvalue weighted by Gasteiger charge is -2.45. The normalized spacial score (nSPS) is 45.6. The Labute approximate surface area is 87.9 Å². The van der Waals surface area contributed by atoms with Gasteiger partial charge in [0.25, 0.3) is 0 Å². The monoisotopic (exact) mass is 196 g/mol. The summed E-state index contributed by atoms with van der Waals surface area (Å²) in [7, 11) is 0. The summed E-state index contributed by atoms with van der Waals surface area (Å²) >= 11 is 0. The van der Waals surface area contributed by atoms with Gasteiger partial charge in [0.05, 0.1) is 5.60 Å². The van der Waals surface area contributed by atoms with Crippen molar-refractivity contribution >= 4 is 0 Å². The van der Waals surface area contributed by atoms with Gasteiger partial charge in [-0.2, -0.15) is 0 Å². The maximum atomic E-state index is 10.8. The standard InChI is InChI=1S/C13H24O/c1-10-7-8-11(2)13(14,9-10)12-5-3-4-6-12/h10-12,14H,3-9H2,1-2H3. The highest BCUT2D eigenvalue weighted by atomic mass is 16.3. The van der Waals surface area contributed by atoms with E-state index < -0.39 is 0 Å². The molecule has 2 aliphatic rings. The largest absolute Gasteiger partial charge is 0.389 e. The van der Waals surface area contributed by atoms with E-state index in [9.17, 15) is 5.11 Å². The average Bonchev–Trinajstić information content (AvgIpc) is 2.65. The molecule has 0 heterocycles. The molecule has 1 nitrogen and oxygen atoms in total. The molecule has 2 fully saturated rings. The van der Waals surface area contributed by atoms with Crippen LogP contribution < -0.4 is 0 Å². The molecule has 2 saturated carbocycles. The third-order valence-electron chi connectivity index (χ3n) is 4.68. The summed E-state index contributed by atoms with van der Waals surface area (Å²) in [5.41, 5.74) is -0.311. The van der Waals surface area contributed by atoms with Gasteiger partial charge >= 0.3 is 0 Å². The molecule has 82 valence electrons. The van der Waals surface area contributed by atoms with Crippen molar-refractivity contribution in [3.63, 3.8) is 0 Å². The summed E-state index contributed by atoms with van der Waals surface area (Å²) in [5.74, 6) is 1.87.